The third-order valence-corrected chi connectivity index (χ3v) is 6.35. The summed E-state index contributed by atoms with van der Waals surface area (Å²) >= 11 is 1.79. The fourth-order valence-electron chi connectivity index (χ4n) is 3.90. The van der Waals surface area contributed by atoms with Crippen LogP contribution in [0, 0.1) is 0 Å². The van der Waals surface area contributed by atoms with Gasteiger partial charge < -0.3 is 10.2 Å². The molecule has 4 rings (SSSR count). The van der Waals surface area contributed by atoms with E-state index in [2.05, 4.69) is 33.8 Å². The summed E-state index contributed by atoms with van der Waals surface area (Å²) < 4.78 is 0. The highest BCUT2D eigenvalue weighted by Gasteiger charge is 2.30. The molecule has 0 fully saturated rings. The maximum absolute atomic E-state index is 12.8. The van der Waals surface area contributed by atoms with Crippen molar-refractivity contribution in [3.63, 3.8) is 0 Å². The Bertz CT molecular complexity index is 1030. The number of nitrogens with one attached hydrogen (secondary N) is 1. The SMILES string of the molecule is CN(C)C(=O)c1ccc(NC(=O)CN2CCc3sccc3[C@@H]2c2ccccc2)cc1. The van der Waals surface area contributed by atoms with Crippen LogP contribution in [0.5, 0.6) is 0 Å². The maximum Gasteiger partial charge on any atom is 0.253 e. The summed E-state index contributed by atoms with van der Waals surface area (Å²) in [7, 11) is 3.44. The van der Waals surface area contributed by atoms with Crippen LogP contribution < -0.4 is 5.32 Å². The van der Waals surface area contributed by atoms with Crippen molar-refractivity contribution in [2.24, 2.45) is 0 Å². The number of thiophene rings is 1. The van der Waals surface area contributed by atoms with E-state index in [9.17, 15) is 9.59 Å². The van der Waals surface area contributed by atoms with E-state index < -0.39 is 0 Å². The molecule has 3 aromatic rings. The van der Waals surface area contributed by atoms with Gasteiger partial charge in [-0.3, -0.25) is 14.5 Å². The largest absolute Gasteiger partial charge is 0.345 e. The Morgan fingerprint density at radius 2 is 1.80 bits per heavy atom. The number of anilines is 1. The van der Waals surface area contributed by atoms with Crippen molar-refractivity contribution in [1.29, 1.82) is 0 Å². The van der Waals surface area contributed by atoms with E-state index in [-0.39, 0.29) is 17.9 Å². The van der Waals surface area contributed by atoms with Crippen LogP contribution in [0.15, 0.2) is 66.0 Å². The van der Waals surface area contributed by atoms with Gasteiger partial charge in [-0.25, -0.2) is 0 Å². The van der Waals surface area contributed by atoms with E-state index in [4.69, 9.17) is 0 Å². The van der Waals surface area contributed by atoms with E-state index >= 15 is 0 Å². The molecule has 5 nitrogen and oxygen atoms in total. The van der Waals surface area contributed by atoms with Crippen LogP contribution in [0.2, 0.25) is 0 Å². The second kappa shape index (κ2) is 8.81. The molecule has 1 aromatic heterocycles. The standard InChI is InChI=1S/C24H25N3O2S/c1-26(2)24(29)18-8-10-19(11-9-18)25-22(28)16-27-14-12-21-20(13-15-30-21)23(27)17-6-4-3-5-7-17/h3-11,13,15,23H,12,14,16H2,1-2H3,(H,25,28)/t23-/m0/s1. The van der Waals surface area contributed by atoms with Crippen LogP contribution in [0.1, 0.15) is 32.4 Å². The number of hydrogen-bond donors (Lipinski definition) is 1. The number of fused-ring (bicyclic) bond motifs is 1. The average molecular weight is 420 g/mol. The lowest BCUT2D eigenvalue weighted by molar-refractivity contribution is -0.117. The number of benzene rings is 2. The van der Waals surface area contributed by atoms with Crippen molar-refractivity contribution in [1.82, 2.24) is 9.80 Å². The molecule has 2 aromatic carbocycles. The second-order valence-corrected chi connectivity index (χ2v) is 8.66. The van der Waals surface area contributed by atoms with E-state index in [0.29, 0.717) is 17.8 Å². The Labute approximate surface area is 180 Å². The number of hydrogen-bond acceptors (Lipinski definition) is 4. The van der Waals surface area contributed by atoms with E-state index in [1.807, 2.05) is 18.2 Å². The Kier molecular flexibility index (Phi) is 5.97. The molecule has 1 N–H and O–H groups in total. The zero-order valence-corrected chi connectivity index (χ0v) is 18.0. The van der Waals surface area contributed by atoms with E-state index in [1.54, 1.807) is 49.7 Å². The monoisotopic (exact) mass is 419 g/mol. The fourth-order valence-corrected chi connectivity index (χ4v) is 4.81. The molecule has 0 unspecified atom stereocenters. The van der Waals surface area contributed by atoms with Gasteiger partial charge >= 0.3 is 0 Å². The first-order valence-corrected chi connectivity index (χ1v) is 10.9. The highest BCUT2D eigenvalue weighted by molar-refractivity contribution is 7.10. The van der Waals surface area contributed by atoms with Crippen molar-refractivity contribution < 1.29 is 9.59 Å². The Morgan fingerprint density at radius 3 is 2.50 bits per heavy atom. The first-order chi connectivity index (χ1) is 14.5. The lowest BCUT2D eigenvalue weighted by atomic mass is 9.93. The zero-order chi connectivity index (χ0) is 21.1. The molecule has 1 aliphatic rings. The lowest BCUT2D eigenvalue weighted by Gasteiger charge is -2.35. The van der Waals surface area contributed by atoms with Crippen LogP contribution in [-0.4, -0.2) is 48.8 Å². The molecule has 2 amide bonds. The van der Waals surface area contributed by atoms with Gasteiger partial charge in [-0.2, -0.15) is 0 Å². The third kappa shape index (κ3) is 4.30. The van der Waals surface area contributed by atoms with Crippen LogP contribution in [0.3, 0.4) is 0 Å². The molecule has 1 aliphatic heterocycles. The summed E-state index contributed by atoms with van der Waals surface area (Å²) in [5.74, 6) is -0.111. The Balaban J connectivity index is 1.48. The van der Waals surface area contributed by atoms with Crippen LogP contribution in [-0.2, 0) is 11.2 Å². The van der Waals surface area contributed by atoms with Crippen molar-refractivity contribution >= 4 is 28.8 Å². The molecule has 2 heterocycles. The summed E-state index contributed by atoms with van der Waals surface area (Å²) in [5.41, 5.74) is 3.80. The number of carbonyl (C=O) groups excluding carboxylic acids is 2. The summed E-state index contributed by atoms with van der Waals surface area (Å²) in [4.78, 5) is 30.0. The Morgan fingerprint density at radius 1 is 1.07 bits per heavy atom. The average Bonchev–Trinajstić information content (AvgIpc) is 3.23. The molecule has 6 heteroatoms. The predicted molar refractivity (Wildman–Crippen MR) is 121 cm³/mol. The molecule has 30 heavy (non-hydrogen) atoms. The fraction of sp³-hybridized carbons (Fsp3) is 0.250. The van der Waals surface area contributed by atoms with Gasteiger partial charge in [-0.05, 0) is 53.3 Å². The van der Waals surface area contributed by atoms with E-state index in [0.717, 1.165) is 13.0 Å². The molecule has 154 valence electrons. The topological polar surface area (TPSA) is 52.7 Å². The van der Waals surface area contributed by atoms with Crippen molar-refractivity contribution in [2.75, 3.05) is 32.5 Å². The number of rotatable bonds is 5. The molecule has 0 aliphatic carbocycles. The number of nitrogens with zero attached hydrogens (tertiary/aromatic N) is 2. The van der Waals surface area contributed by atoms with Gasteiger partial charge in [0.05, 0.1) is 12.6 Å². The molecule has 0 saturated heterocycles. The maximum atomic E-state index is 12.8. The highest BCUT2D eigenvalue weighted by atomic mass is 32.1. The summed E-state index contributed by atoms with van der Waals surface area (Å²) in [6.45, 7) is 1.16. The normalized spacial score (nSPS) is 16.0. The number of carbonyl (C=O) groups is 2. The third-order valence-electron chi connectivity index (χ3n) is 5.35. The van der Waals surface area contributed by atoms with E-state index in [1.165, 1.54) is 20.9 Å². The minimum absolute atomic E-state index is 0.0544. The van der Waals surface area contributed by atoms with Crippen molar-refractivity contribution in [3.05, 3.63) is 87.6 Å². The first kappa shape index (κ1) is 20.3. The molecule has 0 bridgehead atoms. The van der Waals surface area contributed by atoms with Gasteiger partial charge in [0.15, 0.2) is 0 Å². The minimum Gasteiger partial charge on any atom is -0.345 e. The molecule has 0 radical (unpaired) electrons. The van der Waals surface area contributed by atoms with Gasteiger partial charge in [0.2, 0.25) is 5.91 Å². The van der Waals surface area contributed by atoms with Crippen LogP contribution >= 0.6 is 11.3 Å². The second-order valence-electron chi connectivity index (χ2n) is 7.66. The Hall–Kier alpha value is -2.96. The van der Waals surface area contributed by atoms with Gasteiger partial charge in [0.1, 0.15) is 0 Å². The molecule has 1 atom stereocenters. The smallest absolute Gasteiger partial charge is 0.253 e. The highest BCUT2D eigenvalue weighted by Crippen LogP contribution is 2.37. The molecule has 0 saturated carbocycles. The first-order valence-electron chi connectivity index (χ1n) is 10.00. The van der Waals surface area contributed by atoms with Crippen LogP contribution in [0.25, 0.3) is 0 Å². The molecular weight excluding hydrogens is 394 g/mol. The van der Waals surface area contributed by atoms with Gasteiger partial charge in [0.25, 0.3) is 5.91 Å². The molecular formula is C24H25N3O2S. The quantitative estimate of drug-likeness (QED) is 0.679. The summed E-state index contributed by atoms with van der Waals surface area (Å²) in [5, 5.41) is 5.11. The lowest BCUT2D eigenvalue weighted by Crippen LogP contribution is -2.40. The minimum atomic E-state index is -0.0570. The summed E-state index contributed by atoms with van der Waals surface area (Å²) in [6.07, 6.45) is 0.963. The zero-order valence-electron chi connectivity index (χ0n) is 17.2. The number of amides is 2. The van der Waals surface area contributed by atoms with Crippen molar-refractivity contribution in [3.8, 4) is 0 Å². The predicted octanol–water partition coefficient (Wildman–Crippen LogP) is 4.04. The van der Waals surface area contributed by atoms with Gasteiger partial charge in [-0.1, -0.05) is 30.3 Å². The summed E-state index contributed by atoms with van der Waals surface area (Å²) in [6, 6.07) is 19.7. The van der Waals surface area contributed by atoms with Crippen LogP contribution in [0.4, 0.5) is 5.69 Å². The van der Waals surface area contributed by atoms with Crippen molar-refractivity contribution in [2.45, 2.75) is 12.5 Å². The van der Waals surface area contributed by atoms with Gasteiger partial charge in [0, 0.05) is 36.8 Å². The molecule has 0 spiro atoms. The van der Waals surface area contributed by atoms with Gasteiger partial charge in [-0.15, -0.1) is 11.3 Å².